The number of aryl methyl sites for hydroxylation is 1. The minimum atomic E-state index is -4.38. The average Bonchev–Trinajstić information content (AvgIpc) is 2.54. The molecule has 0 aliphatic heterocycles. The van der Waals surface area contributed by atoms with Crippen LogP contribution in [0.5, 0.6) is 0 Å². The zero-order chi connectivity index (χ0) is 13.1. The Morgan fingerprint density at radius 1 is 1.32 bits per heavy atom. The molecule has 0 aliphatic rings. The second kappa shape index (κ2) is 8.63. The number of hydrogen-bond acceptors (Lipinski definition) is 3. The van der Waals surface area contributed by atoms with E-state index in [1.54, 1.807) is 0 Å². The molecule has 114 valence electrons. The Morgan fingerprint density at radius 3 is 2.32 bits per heavy atom. The Morgan fingerprint density at radius 2 is 1.89 bits per heavy atom. The number of nitrogens with one attached hydrogen (secondary N) is 1. The molecule has 1 aromatic heterocycles. The number of likely N-dealkylation sites (N-methyl/N-ethyl adjacent to an activating group) is 1. The Kier molecular flexibility index (Phi) is 9.45. The normalized spacial score (nSPS) is 11.1. The van der Waals surface area contributed by atoms with Crippen LogP contribution in [0.15, 0.2) is 6.07 Å². The molecule has 0 amide bonds. The Hall–Kier alpha value is -0.500. The van der Waals surface area contributed by atoms with Gasteiger partial charge in [0.2, 0.25) is 0 Å². The van der Waals surface area contributed by atoms with Crippen molar-refractivity contribution in [1.29, 1.82) is 0 Å². The molecule has 0 aromatic carbocycles. The van der Waals surface area contributed by atoms with Crippen molar-refractivity contribution in [3.8, 4) is 0 Å². The van der Waals surface area contributed by atoms with Crippen molar-refractivity contribution in [2.24, 2.45) is 7.05 Å². The molecular weight excluding hydrogens is 304 g/mol. The second-order valence-electron chi connectivity index (χ2n) is 4.12. The van der Waals surface area contributed by atoms with E-state index in [1.807, 2.05) is 19.0 Å². The number of halogens is 5. The summed E-state index contributed by atoms with van der Waals surface area (Å²) in [7, 11) is 5.39. The number of nitrogens with zero attached hydrogens (tertiary/aromatic N) is 3. The molecule has 4 nitrogen and oxygen atoms in total. The molecule has 0 atom stereocenters. The van der Waals surface area contributed by atoms with Gasteiger partial charge >= 0.3 is 6.18 Å². The highest BCUT2D eigenvalue weighted by molar-refractivity contribution is 5.85. The number of alkyl halides is 3. The van der Waals surface area contributed by atoms with Gasteiger partial charge in [-0.05, 0) is 20.2 Å². The van der Waals surface area contributed by atoms with Crippen molar-refractivity contribution in [2.45, 2.75) is 12.7 Å². The number of rotatable bonds is 5. The summed E-state index contributed by atoms with van der Waals surface area (Å²) < 4.78 is 38.4. The van der Waals surface area contributed by atoms with Gasteiger partial charge in [-0.2, -0.15) is 18.3 Å². The molecule has 0 saturated heterocycles. The van der Waals surface area contributed by atoms with Gasteiger partial charge in [-0.25, -0.2) is 0 Å². The standard InChI is InChI=1S/C10H17F3N4.2ClH/c1-16(2)5-4-14-7-8-6-9(10(11,12)13)15-17(8)3;;/h6,14H,4-5,7H2,1-3H3;2*1H. The molecule has 1 heterocycles. The van der Waals surface area contributed by atoms with E-state index >= 15 is 0 Å². The van der Waals surface area contributed by atoms with Crippen molar-refractivity contribution in [3.05, 3.63) is 17.5 Å². The monoisotopic (exact) mass is 322 g/mol. The lowest BCUT2D eigenvalue weighted by Crippen LogP contribution is -2.26. The average molecular weight is 323 g/mol. The van der Waals surface area contributed by atoms with Crippen LogP contribution in [-0.4, -0.2) is 41.9 Å². The maximum atomic E-state index is 12.4. The quantitative estimate of drug-likeness (QED) is 0.841. The van der Waals surface area contributed by atoms with Crippen molar-refractivity contribution >= 4 is 24.8 Å². The molecule has 9 heteroatoms. The second-order valence-corrected chi connectivity index (χ2v) is 4.12. The summed E-state index contributed by atoms with van der Waals surface area (Å²) in [5, 5.41) is 6.51. The summed E-state index contributed by atoms with van der Waals surface area (Å²) in [6.07, 6.45) is -4.38. The van der Waals surface area contributed by atoms with E-state index in [2.05, 4.69) is 10.4 Å². The molecule has 0 saturated carbocycles. The molecule has 0 radical (unpaired) electrons. The van der Waals surface area contributed by atoms with Crippen LogP contribution in [-0.2, 0) is 19.8 Å². The van der Waals surface area contributed by atoms with Gasteiger partial charge in [-0.1, -0.05) is 0 Å². The van der Waals surface area contributed by atoms with Gasteiger partial charge < -0.3 is 10.2 Å². The molecule has 0 aliphatic carbocycles. The first kappa shape index (κ1) is 20.8. The Labute approximate surface area is 123 Å². The maximum Gasteiger partial charge on any atom is 0.435 e. The molecule has 1 N–H and O–H groups in total. The van der Waals surface area contributed by atoms with Crippen LogP contribution in [0.2, 0.25) is 0 Å². The van der Waals surface area contributed by atoms with Crippen molar-refractivity contribution < 1.29 is 13.2 Å². The number of aromatic nitrogens is 2. The van der Waals surface area contributed by atoms with Crippen molar-refractivity contribution in [3.63, 3.8) is 0 Å². The van der Waals surface area contributed by atoms with Crippen LogP contribution in [0, 0.1) is 0 Å². The third-order valence-corrected chi connectivity index (χ3v) is 2.31. The molecule has 0 bridgehead atoms. The largest absolute Gasteiger partial charge is 0.435 e. The minimum Gasteiger partial charge on any atom is -0.310 e. The number of hydrogen-bond donors (Lipinski definition) is 1. The fourth-order valence-electron chi connectivity index (χ4n) is 1.33. The van der Waals surface area contributed by atoms with Crippen LogP contribution in [0.3, 0.4) is 0 Å². The Balaban J connectivity index is 0. The predicted octanol–water partition coefficient (Wildman–Crippen LogP) is 1.93. The first-order chi connectivity index (χ1) is 7.80. The summed E-state index contributed by atoms with van der Waals surface area (Å²) >= 11 is 0. The van der Waals surface area contributed by atoms with Crippen LogP contribution >= 0.6 is 24.8 Å². The van der Waals surface area contributed by atoms with E-state index in [9.17, 15) is 13.2 Å². The molecule has 1 rings (SSSR count). The van der Waals surface area contributed by atoms with Gasteiger partial charge in [0.05, 0.1) is 5.69 Å². The predicted molar refractivity (Wildman–Crippen MR) is 73.0 cm³/mol. The van der Waals surface area contributed by atoms with E-state index in [0.29, 0.717) is 12.2 Å². The van der Waals surface area contributed by atoms with Crippen molar-refractivity contribution in [2.75, 3.05) is 27.2 Å². The van der Waals surface area contributed by atoms with E-state index in [4.69, 9.17) is 0 Å². The molecule has 19 heavy (non-hydrogen) atoms. The lowest BCUT2D eigenvalue weighted by Gasteiger charge is -2.10. The minimum absolute atomic E-state index is 0. The molecule has 0 fully saturated rings. The molecule has 0 spiro atoms. The van der Waals surface area contributed by atoms with Gasteiger partial charge in [0, 0.05) is 26.7 Å². The van der Waals surface area contributed by atoms with Crippen molar-refractivity contribution in [1.82, 2.24) is 20.0 Å². The summed E-state index contributed by atoms with van der Waals surface area (Å²) in [6, 6.07) is 1.07. The molecule has 1 aromatic rings. The third kappa shape index (κ3) is 7.00. The highest BCUT2D eigenvalue weighted by Crippen LogP contribution is 2.28. The summed E-state index contributed by atoms with van der Waals surface area (Å²) in [6.45, 7) is 1.94. The van der Waals surface area contributed by atoms with Crippen LogP contribution in [0.1, 0.15) is 11.4 Å². The van der Waals surface area contributed by atoms with E-state index < -0.39 is 11.9 Å². The van der Waals surface area contributed by atoms with Crippen LogP contribution < -0.4 is 5.32 Å². The zero-order valence-corrected chi connectivity index (χ0v) is 12.6. The fourth-order valence-corrected chi connectivity index (χ4v) is 1.33. The lowest BCUT2D eigenvalue weighted by atomic mass is 10.3. The fraction of sp³-hybridized carbons (Fsp3) is 0.700. The Bertz CT molecular complexity index is 366. The van der Waals surface area contributed by atoms with E-state index in [1.165, 1.54) is 11.7 Å². The molecular formula is C10H19Cl2F3N4. The highest BCUT2D eigenvalue weighted by atomic mass is 35.5. The first-order valence-electron chi connectivity index (χ1n) is 5.26. The van der Waals surface area contributed by atoms with Gasteiger partial charge in [0.15, 0.2) is 5.69 Å². The summed E-state index contributed by atoms with van der Waals surface area (Å²) in [5.74, 6) is 0. The third-order valence-electron chi connectivity index (χ3n) is 2.31. The topological polar surface area (TPSA) is 33.1 Å². The smallest absolute Gasteiger partial charge is 0.310 e. The van der Waals surface area contributed by atoms with Gasteiger partial charge in [-0.15, -0.1) is 24.8 Å². The van der Waals surface area contributed by atoms with Gasteiger partial charge in [-0.3, -0.25) is 4.68 Å². The highest BCUT2D eigenvalue weighted by Gasteiger charge is 2.34. The lowest BCUT2D eigenvalue weighted by molar-refractivity contribution is -0.141. The van der Waals surface area contributed by atoms with Crippen LogP contribution in [0.25, 0.3) is 0 Å². The SMILES string of the molecule is CN(C)CCNCc1cc(C(F)(F)F)nn1C.Cl.Cl. The molecule has 0 unspecified atom stereocenters. The summed E-state index contributed by atoms with van der Waals surface area (Å²) in [5.41, 5.74) is -0.319. The van der Waals surface area contributed by atoms with E-state index in [-0.39, 0.29) is 24.8 Å². The zero-order valence-electron chi connectivity index (χ0n) is 11.0. The van der Waals surface area contributed by atoms with Gasteiger partial charge in [0.1, 0.15) is 0 Å². The first-order valence-corrected chi connectivity index (χ1v) is 5.26. The van der Waals surface area contributed by atoms with E-state index in [0.717, 1.165) is 19.2 Å². The summed E-state index contributed by atoms with van der Waals surface area (Å²) in [4.78, 5) is 2.00. The maximum absolute atomic E-state index is 12.4. The van der Waals surface area contributed by atoms with Crippen LogP contribution in [0.4, 0.5) is 13.2 Å². The van der Waals surface area contributed by atoms with Gasteiger partial charge in [0.25, 0.3) is 0 Å².